The molecule has 0 aromatic carbocycles. The van der Waals surface area contributed by atoms with Crippen molar-refractivity contribution in [1.82, 2.24) is 20.5 Å². The number of ether oxygens (including phenoxy) is 1. The highest BCUT2D eigenvalue weighted by atomic mass is 35.5. The van der Waals surface area contributed by atoms with Gasteiger partial charge >= 0.3 is 17.9 Å². The highest BCUT2D eigenvalue weighted by molar-refractivity contribution is 6.39. The summed E-state index contributed by atoms with van der Waals surface area (Å²) in [6.45, 7) is 5.21. The fraction of sp³-hybridized carbons (Fsp3) is 0.571. The quantitative estimate of drug-likeness (QED) is 0.580. The number of rotatable bonds is 4. The van der Waals surface area contributed by atoms with Crippen molar-refractivity contribution in [3.8, 4) is 0 Å². The van der Waals surface area contributed by atoms with E-state index in [2.05, 4.69) is 20.9 Å². The molecule has 2 rings (SSSR count). The van der Waals surface area contributed by atoms with E-state index >= 15 is 0 Å². The number of alkyl carbamates (subject to hydrolysis) is 1. The van der Waals surface area contributed by atoms with Crippen LogP contribution in [-0.2, 0) is 19.1 Å². The predicted molar refractivity (Wildman–Crippen MR) is 119 cm³/mol. The second kappa shape index (κ2) is 10.6. The molecule has 176 valence electrons. The molecule has 1 aliphatic carbocycles. The van der Waals surface area contributed by atoms with Crippen LogP contribution < -0.4 is 16.0 Å². The standard InChI is InChI=1S/C21H30ClN5O5/c1-21(2,3)32-20(31)25-15-10-12(19(30)27(4)5)6-8-14(15)24-17(28)18(29)26-16-9-7-13(22)11-23-16/h7,9,11-12,14-15H,6,8,10H2,1-5H3,(H,24,28)(H,25,31)(H,23,26,29)/t12-,14-,15+/m1/s1. The molecule has 1 fully saturated rings. The van der Waals surface area contributed by atoms with Crippen LogP contribution in [0.2, 0.25) is 5.02 Å². The number of nitrogens with zero attached hydrogens (tertiary/aromatic N) is 2. The molecule has 0 aliphatic heterocycles. The Hall–Kier alpha value is -2.88. The second-order valence-corrected chi connectivity index (χ2v) is 9.33. The number of hydrogen-bond acceptors (Lipinski definition) is 6. The lowest BCUT2D eigenvalue weighted by Gasteiger charge is -2.37. The van der Waals surface area contributed by atoms with Gasteiger partial charge in [-0.3, -0.25) is 14.4 Å². The fourth-order valence-electron chi connectivity index (χ4n) is 3.41. The van der Waals surface area contributed by atoms with Crippen molar-refractivity contribution in [1.29, 1.82) is 0 Å². The van der Waals surface area contributed by atoms with E-state index in [1.807, 2.05) is 0 Å². The maximum absolute atomic E-state index is 12.5. The normalized spacial score (nSPS) is 20.6. The Morgan fingerprint density at radius 3 is 2.31 bits per heavy atom. The van der Waals surface area contributed by atoms with E-state index in [9.17, 15) is 19.2 Å². The largest absolute Gasteiger partial charge is 0.444 e. The first-order chi connectivity index (χ1) is 14.9. The average molecular weight is 468 g/mol. The fourth-order valence-corrected chi connectivity index (χ4v) is 3.52. The van der Waals surface area contributed by atoms with E-state index in [1.54, 1.807) is 34.9 Å². The van der Waals surface area contributed by atoms with Crippen LogP contribution in [0.4, 0.5) is 10.6 Å². The SMILES string of the molecule is CN(C)C(=O)[C@@H]1CC[C@@H](NC(=O)C(=O)Nc2ccc(Cl)cn2)[C@@H](NC(=O)OC(C)(C)C)C1. The van der Waals surface area contributed by atoms with Crippen molar-refractivity contribution in [2.45, 2.75) is 57.7 Å². The summed E-state index contributed by atoms with van der Waals surface area (Å²) in [4.78, 5) is 54.9. The Morgan fingerprint density at radius 2 is 1.75 bits per heavy atom. The highest BCUT2D eigenvalue weighted by Crippen LogP contribution is 2.27. The number of anilines is 1. The number of nitrogens with one attached hydrogen (secondary N) is 3. The van der Waals surface area contributed by atoms with Gasteiger partial charge < -0.3 is 25.6 Å². The molecule has 3 atom stereocenters. The number of carbonyl (C=O) groups is 4. The van der Waals surface area contributed by atoms with E-state index < -0.39 is 35.6 Å². The summed E-state index contributed by atoms with van der Waals surface area (Å²) in [5.41, 5.74) is -0.707. The van der Waals surface area contributed by atoms with E-state index in [-0.39, 0.29) is 17.6 Å². The van der Waals surface area contributed by atoms with Crippen LogP contribution in [0.5, 0.6) is 0 Å². The molecule has 32 heavy (non-hydrogen) atoms. The third-order valence-electron chi connectivity index (χ3n) is 4.83. The summed E-state index contributed by atoms with van der Waals surface area (Å²) in [6, 6.07) is 1.87. The van der Waals surface area contributed by atoms with Gasteiger partial charge in [0.25, 0.3) is 0 Å². The number of aromatic nitrogens is 1. The third-order valence-corrected chi connectivity index (χ3v) is 5.06. The van der Waals surface area contributed by atoms with Crippen molar-refractivity contribution in [2.75, 3.05) is 19.4 Å². The highest BCUT2D eigenvalue weighted by Gasteiger charge is 2.37. The molecule has 0 saturated heterocycles. The minimum absolute atomic E-state index is 0.0580. The molecule has 1 aliphatic rings. The molecular weight excluding hydrogens is 438 g/mol. The Morgan fingerprint density at radius 1 is 1.06 bits per heavy atom. The first kappa shape index (κ1) is 25.4. The zero-order valence-electron chi connectivity index (χ0n) is 18.9. The minimum atomic E-state index is -0.901. The Labute approximate surface area is 192 Å². The number of hydrogen-bond donors (Lipinski definition) is 3. The van der Waals surface area contributed by atoms with Gasteiger partial charge in [0.2, 0.25) is 5.91 Å². The monoisotopic (exact) mass is 467 g/mol. The first-order valence-electron chi connectivity index (χ1n) is 10.3. The summed E-state index contributed by atoms with van der Waals surface area (Å²) in [5, 5.41) is 8.19. The molecule has 1 saturated carbocycles. The maximum Gasteiger partial charge on any atom is 0.407 e. The molecule has 1 aromatic heterocycles. The van der Waals surface area contributed by atoms with Gasteiger partial charge in [-0.05, 0) is 52.2 Å². The lowest BCUT2D eigenvalue weighted by Crippen LogP contribution is -2.57. The first-order valence-corrected chi connectivity index (χ1v) is 10.7. The second-order valence-electron chi connectivity index (χ2n) is 8.89. The van der Waals surface area contributed by atoms with Crippen LogP contribution in [-0.4, -0.2) is 65.5 Å². The number of amides is 4. The molecule has 0 unspecified atom stereocenters. The zero-order chi connectivity index (χ0) is 24.1. The minimum Gasteiger partial charge on any atom is -0.444 e. The molecule has 11 heteroatoms. The number of pyridine rings is 1. The molecule has 3 N–H and O–H groups in total. The van der Waals surface area contributed by atoms with Crippen molar-refractivity contribution >= 4 is 41.2 Å². The molecule has 10 nitrogen and oxygen atoms in total. The third kappa shape index (κ3) is 7.67. The lowest BCUT2D eigenvalue weighted by molar-refractivity contribution is -0.137. The topological polar surface area (TPSA) is 130 Å². The van der Waals surface area contributed by atoms with E-state index in [1.165, 1.54) is 23.2 Å². The van der Waals surface area contributed by atoms with E-state index in [0.717, 1.165) is 0 Å². The summed E-state index contributed by atoms with van der Waals surface area (Å²) in [5.74, 6) is -1.97. The molecule has 1 aromatic rings. The summed E-state index contributed by atoms with van der Waals surface area (Å²) < 4.78 is 5.32. The number of halogens is 1. The van der Waals surface area contributed by atoms with Crippen LogP contribution in [0.15, 0.2) is 18.3 Å². The van der Waals surface area contributed by atoms with Gasteiger partial charge in [0.1, 0.15) is 11.4 Å². The van der Waals surface area contributed by atoms with Crippen LogP contribution in [0.1, 0.15) is 40.0 Å². The van der Waals surface area contributed by atoms with Gasteiger partial charge in [-0.25, -0.2) is 9.78 Å². The summed E-state index contributed by atoms with van der Waals surface area (Å²) >= 11 is 5.76. The molecule has 0 radical (unpaired) electrons. The summed E-state index contributed by atoms with van der Waals surface area (Å²) in [7, 11) is 3.34. The molecule has 0 bridgehead atoms. The lowest BCUT2D eigenvalue weighted by atomic mass is 9.81. The predicted octanol–water partition coefficient (Wildman–Crippen LogP) is 1.94. The van der Waals surface area contributed by atoms with E-state index in [0.29, 0.717) is 24.3 Å². The Bertz CT molecular complexity index is 853. The molecule has 1 heterocycles. The van der Waals surface area contributed by atoms with Gasteiger partial charge in [-0.15, -0.1) is 0 Å². The van der Waals surface area contributed by atoms with Crippen molar-refractivity contribution in [3.63, 3.8) is 0 Å². The maximum atomic E-state index is 12.5. The smallest absolute Gasteiger partial charge is 0.407 e. The number of carbonyl (C=O) groups excluding carboxylic acids is 4. The van der Waals surface area contributed by atoms with Gasteiger partial charge in [0.05, 0.1) is 11.1 Å². The van der Waals surface area contributed by atoms with Crippen molar-refractivity contribution in [3.05, 3.63) is 23.4 Å². The van der Waals surface area contributed by atoms with Gasteiger partial charge in [0, 0.05) is 32.3 Å². The van der Waals surface area contributed by atoms with Gasteiger partial charge in [-0.2, -0.15) is 0 Å². The van der Waals surface area contributed by atoms with Crippen molar-refractivity contribution in [2.24, 2.45) is 5.92 Å². The Kier molecular flexibility index (Phi) is 8.43. The van der Waals surface area contributed by atoms with Gasteiger partial charge in [0.15, 0.2) is 0 Å². The van der Waals surface area contributed by atoms with Gasteiger partial charge in [-0.1, -0.05) is 11.6 Å². The van der Waals surface area contributed by atoms with Crippen molar-refractivity contribution < 1.29 is 23.9 Å². The van der Waals surface area contributed by atoms with Crippen LogP contribution >= 0.6 is 11.6 Å². The Balaban J connectivity index is 2.07. The zero-order valence-corrected chi connectivity index (χ0v) is 19.7. The summed E-state index contributed by atoms with van der Waals surface area (Å²) in [6.07, 6.45) is 1.91. The molecular formula is C21H30ClN5O5. The van der Waals surface area contributed by atoms with E-state index in [4.69, 9.17) is 16.3 Å². The van der Waals surface area contributed by atoms with Crippen LogP contribution in [0.25, 0.3) is 0 Å². The molecule has 4 amide bonds. The average Bonchev–Trinajstić information content (AvgIpc) is 2.68. The molecule has 0 spiro atoms. The van der Waals surface area contributed by atoms with Crippen LogP contribution in [0, 0.1) is 5.92 Å². The van der Waals surface area contributed by atoms with Crippen LogP contribution in [0.3, 0.4) is 0 Å².